The van der Waals surface area contributed by atoms with Crippen molar-refractivity contribution < 1.29 is 4.79 Å². The summed E-state index contributed by atoms with van der Waals surface area (Å²) in [5, 5.41) is 8.80. The highest BCUT2D eigenvalue weighted by atomic mass is 16.2. The topological polar surface area (TPSA) is 44.1 Å². The Balaban J connectivity index is 2.21. The summed E-state index contributed by atoms with van der Waals surface area (Å²) in [6.07, 6.45) is 0.338. The van der Waals surface area contributed by atoms with Crippen molar-refractivity contribution in [2.45, 2.75) is 19.9 Å². The Labute approximate surface area is 125 Å². The Bertz CT molecular complexity index is 644. The lowest BCUT2D eigenvalue weighted by molar-refractivity contribution is 0.0746. The van der Waals surface area contributed by atoms with E-state index in [1.165, 1.54) is 0 Å². The zero-order valence-electron chi connectivity index (χ0n) is 12.1. The molecule has 2 aromatic rings. The summed E-state index contributed by atoms with van der Waals surface area (Å²) in [4.78, 5) is 14.4. The smallest absolute Gasteiger partial charge is 0.254 e. The van der Waals surface area contributed by atoms with Crippen LogP contribution in [0, 0.1) is 18.3 Å². The van der Waals surface area contributed by atoms with E-state index in [4.69, 9.17) is 5.26 Å². The van der Waals surface area contributed by atoms with Gasteiger partial charge in [0.2, 0.25) is 0 Å². The van der Waals surface area contributed by atoms with Gasteiger partial charge in [-0.1, -0.05) is 48.5 Å². The predicted octanol–water partition coefficient (Wildman–Crippen LogP) is 3.55. The van der Waals surface area contributed by atoms with Gasteiger partial charge in [-0.3, -0.25) is 4.79 Å². The second kappa shape index (κ2) is 7.25. The van der Waals surface area contributed by atoms with Crippen LogP contribution in [0.4, 0.5) is 0 Å². The minimum absolute atomic E-state index is 0.0211. The molecule has 0 N–H and O–H groups in total. The van der Waals surface area contributed by atoms with Crippen LogP contribution < -0.4 is 0 Å². The van der Waals surface area contributed by atoms with Gasteiger partial charge < -0.3 is 4.90 Å². The van der Waals surface area contributed by atoms with Crippen LogP contribution in [0.25, 0.3) is 0 Å². The first kappa shape index (κ1) is 14.8. The molecule has 3 heteroatoms. The van der Waals surface area contributed by atoms with Gasteiger partial charge in [0, 0.05) is 18.7 Å². The first-order valence-electron chi connectivity index (χ1n) is 6.98. The molecule has 0 spiro atoms. The lowest BCUT2D eigenvalue weighted by Crippen LogP contribution is -2.31. The lowest BCUT2D eigenvalue weighted by Gasteiger charge is -2.22. The van der Waals surface area contributed by atoms with Crippen LogP contribution in [-0.4, -0.2) is 17.4 Å². The van der Waals surface area contributed by atoms with Crippen LogP contribution in [0.2, 0.25) is 0 Å². The molecule has 0 fully saturated rings. The molecule has 21 heavy (non-hydrogen) atoms. The SMILES string of the molecule is Cc1ccccc1C(=O)N(CCC#N)Cc1ccccc1. The van der Waals surface area contributed by atoms with Gasteiger partial charge in [0.1, 0.15) is 0 Å². The normalized spacial score (nSPS) is 9.90. The van der Waals surface area contributed by atoms with Crippen molar-refractivity contribution in [3.05, 3.63) is 71.3 Å². The first-order chi connectivity index (χ1) is 10.2. The number of hydrogen-bond acceptors (Lipinski definition) is 2. The van der Waals surface area contributed by atoms with Gasteiger partial charge in [-0.15, -0.1) is 0 Å². The third-order valence-electron chi connectivity index (χ3n) is 3.37. The van der Waals surface area contributed by atoms with Gasteiger partial charge in [-0.05, 0) is 24.1 Å². The molecule has 0 aromatic heterocycles. The summed E-state index contributed by atoms with van der Waals surface area (Å²) in [5.74, 6) is -0.0211. The van der Waals surface area contributed by atoms with E-state index in [0.29, 0.717) is 25.1 Å². The van der Waals surface area contributed by atoms with Crippen molar-refractivity contribution in [3.8, 4) is 6.07 Å². The van der Waals surface area contributed by atoms with E-state index in [-0.39, 0.29) is 5.91 Å². The highest BCUT2D eigenvalue weighted by Crippen LogP contribution is 2.14. The Kier molecular flexibility index (Phi) is 5.11. The quantitative estimate of drug-likeness (QED) is 0.839. The van der Waals surface area contributed by atoms with Crippen LogP contribution in [-0.2, 0) is 6.54 Å². The van der Waals surface area contributed by atoms with Gasteiger partial charge >= 0.3 is 0 Å². The number of nitriles is 1. The summed E-state index contributed by atoms with van der Waals surface area (Å²) in [6.45, 7) is 2.90. The van der Waals surface area contributed by atoms with Crippen LogP contribution in [0.15, 0.2) is 54.6 Å². The van der Waals surface area contributed by atoms with Crippen LogP contribution >= 0.6 is 0 Å². The third kappa shape index (κ3) is 3.93. The molecule has 106 valence electrons. The molecular formula is C18H18N2O. The van der Waals surface area contributed by atoms with E-state index in [0.717, 1.165) is 11.1 Å². The van der Waals surface area contributed by atoms with E-state index >= 15 is 0 Å². The largest absolute Gasteiger partial charge is 0.333 e. The zero-order valence-corrected chi connectivity index (χ0v) is 12.1. The van der Waals surface area contributed by atoms with E-state index in [1.54, 1.807) is 4.90 Å². The summed E-state index contributed by atoms with van der Waals surface area (Å²) in [7, 11) is 0. The van der Waals surface area contributed by atoms with Crippen molar-refractivity contribution >= 4 is 5.91 Å². The molecule has 2 aromatic carbocycles. The van der Waals surface area contributed by atoms with Gasteiger partial charge in [-0.2, -0.15) is 5.26 Å². The van der Waals surface area contributed by atoms with Crippen LogP contribution in [0.1, 0.15) is 27.9 Å². The molecule has 0 atom stereocenters. The third-order valence-corrected chi connectivity index (χ3v) is 3.37. The minimum atomic E-state index is -0.0211. The standard InChI is InChI=1S/C18H18N2O/c1-15-8-5-6-11-17(15)18(21)20(13-7-12-19)14-16-9-3-2-4-10-16/h2-6,8-11H,7,13-14H2,1H3. The number of carbonyl (C=O) groups excluding carboxylic acids is 1. The summed E-state index contributed by atoms with van der Waals surface area (Å²) >= 11 is 0. The average molecular weight is 278 g/mol. The van der Waals surface area contributed by atoms with Gasteiger partial charge in [0.05, 0.1) is 12.5 Å². The molecule has 0 unspecified atom stereocenters. The highest BCUT2D eigenvalue weighted by molar-refractivity contribution is 5.95. The number of amides is 1. The number of rotatable bonds is 5. The van der Waals surface area contributed by atoms with Crippen molar-refractivity contribution in [3.63, 3.8) is 0 Å². The van der Waals surface area contributed by atoms with Crippen molar-refractivity contribution in [1.29, 1.82) is 5.26 Å². The fourth-order valence-electron chi connectivity index (χ4n) is 2.22. The molecule has 0 bridgehead atoms. The van der Waals surface area contributed by atoms with E-state index in [9.17, 15) is 4.79 Å². The maximum Gasteiger partial charge on any atom is 0.254 e. The molecule has 2 rings (SSSR count). The Morgan fingerprint density at radius 2 is 1.76 bits per heavy atom. The highest BCUT2D eigenvalue weighted by Gasteiger charge is 2.17. The first-order valence-corrected chi connectivity index (χ1v) is 6.98. The second-order valence-electron chi connectivity index (χ2n) is 4.94. The van der Waals surface area contributed by atoms with E-state index in [1.807, 2.05) is 61.5 Å². The van der Waals surface area contributed by atoms with Gasteiger partial charge in [0.15, 0.2) is 0 Å². The zero-order chi connectivity index (χ0) is 15.1. The molecule has 0 heterocycles. The molecule has 1 amide bonds. The van der Waals surface area contributed by atoms with E-state index in [2.05, 4.69) is 6.07 Å². The molecule has 0 saturated carbocycles. The molecule has 3 nitrogen and oxygen atoms in total. The summed E-state index contributed by atoms with van der Waals surface area (Å²) in [6, 6.07) is 19.5. The number of nitrogens with zero attached hydrogens (tertiary/aromatic N) is 2. The maximum atomic E-state index is 12.7. The predicted molar refractivity (Wildman–Crippen MR) is 82.6 cm³/mol. The second-order valence-corrected chi connectivity index (χ2v) is 4.94. The molecule has 0 aliphatic rings. The lowest BCUT2D eigenvalue weighted by atomic mass is 10.1. The molecule has 0 saturated heterocycles. The van der Waals surface area contributed by atoms with Crippen molar-refractivity contribution in [1.82, 2.24) is 4.90 Å². The number of carbonyl (C=O) groups is 1. The van der Waals surface area contributed by atoms with Crippen molar-refractivity contribution in [2.75, 3.05) is 6.54 Å². The fraction of sp³-hybridized carbons (Fsp3) is 0.222. The number of aryl methyl sites for hydroxylation is 1. The van der Waals surface area contributed by atoms with Crippen LogP contribution in [0.3, 0.4) is 0 Å². The molecule has 0 radical (unpaired) electrons. The Morgan fingerprint density at radius 1 is 1.10 bits per heavy atom. The maximum absolute atomic E-state index is 12.7. The fourth-order valence-corrected chi connectivity index (χ4v) is 2.22. The van der Waals surface area contributed by atoms with E-state index < -0.39 is 0 Å². The van der Waals surface area contributed by atoms with Crippen LogP contribution in [0.5, 0.6) is 0 Å². The number of benzene rings is 2. The number of hydrogen-bond donors (Lipinski definition) is 0. The van der Waals surface area contributed by atoms with Crippen molar-refractivity contribution in [2.24, 2.45) is 0 Å². The molecule has 0 aliphatic heterocycles. The molecular weight excluding hydrogens is 260 g/mol. The Hall–Kier alpha value is -2.60. The molecule has 0 aliphatic carbocycles. The minimum Gasteiger partial charge on any atom is -0.333 e. The summed E-state index contributed by atoms with van der Waals surface area (Å²) in [5.41, 5.74) is 2.72. The average Bonchev–Trinajstić information content (AvgIpc) is 2.52. The summed E-state index contributed by atoms with van der Waals surface area (Å²) < 4.78 is 0. The Morgan fingerprint density at radius 3 is 2.43 bits per heavy atom. The van der Waals surface area contributed by atoms with Gasteiger partial charge in [-0.25, -0.2) is 0 Å². The monoisotopic (exact) mass is 278 g/mol. The van der Waals surface area contributed by atoms with Gasteiger partial charge in [0.25, 0.3) is 5.91 Å².